The van der Waals surface area contributed by atoms with Gasteiger partial charge >= 0.3 is 0 Å². The van der Waals surface area contributed by atoms with Gasteiger partial charge in [-0.1, -0.05) is 24.2 Å². The zero-order valence-electron chi connectivity index (χ0n) is 12.6. The molecular formula is C14H19N7S. The molecule has 3 aromatic rings. The molecule has 1 aliphatic heterocycles. The minimum atomic E-state index is 0.823. The number of fused-ring (bicyclic) bond motifs is 1. The summed E-state index contributed by atoms with van der Waals surface area (Å²) in [5.41, 5.74) is 1.90. The van der Waals surface area contributed by atoms with E-state index >= 15 is 0 Å². The molecule has 4 heterocycles. The largest absolute Gasteiger partial charge is 0.296 e. The van der Waals surface area contributed by atoms with E-state index in [0.29, 0.717) is 0 Å². The molecule has 0 aliphatic carbocycles. The van der Waals surface area contributed by atoms with Gasteiger partial charge in [0.15, 0.2) is 10.8 Å². The lowest BCUT2D eigenvalue weighted by Gasteiger charge is -2.17. The van der Waals surface area contributed by atoms with Crippen molar-refractivity contribution in [2.45, 2.75) is 39.2 Å². The summed E-state index contributed by atoms with van der Waals surface area (Å²) in [6, 6.07) is 2.00. The lowest BCUT2D eigenvalue weighted by Crippen LogP contribution is -2.25. The number of aryl methyl sites for hydroxylation is 1. The van der Waals surface area contributed by atoms with Crippen molar-refractivity contribution < 1.29 is 0 Å². The van der Waals surface area contributed by atoms with Crippen LogP contribution in [-0.4, -0.2) is 48.0 Å². The van der Waals surface area contributed by atoms with Crippen LogP contribution < -0.4 is 0 Å². The summed E-state index contributed by atoms with van der Waals surface area (Å²) in [7, 11) is 0. The Morgan fingerprint density at radius 3 is 2.73 bits per heavy atom. The first-order chi connectivity index (χ1) is 10.8. The van der Waals surface area contributed by atoms with Crippen LogP contribution in [0.4, 0.5) is 0 Å². The minimum absolute atomic E-state index is 0.823. The van der Waals surface area contributed by atoms with Crippen LogP contribution in [0.2, 0.25) is 0 Å². The van der Waals surface area contributed by atoms with Crippen LogP contribution >= 0.6 is 11.3 Å². The molecule has 0 saturated carbocycles. The van der Waals surface area contributed by atoms with E-state index in [1.54, 1.807) is 0 Å². The van der Waals surface area contributed by atoms with Crippen LogP contribution in [-0.2, 0) is 6.54 Å². The number of aromatic nitrogens is 6. The summed E-state index contributed by atoms with van der Waals surface area (Å²) < 4.78 is 1.87. The maximum absolute atomic E-state index is 4.65. The maximum atomic E-state index is 4.65. The number of nitrogens with one attached hydrogen (secondary N) is 1. The highest BCUT2D eigenvalue weighted by atomic mass is 32.1. The lowest BCUT2D eigenvalue weighted by atomic mass is 10.2. The van der Waals surface area contributed by atoms with Gasteiger partial charge in [-0.25, -0.2) is 0 Å². The highest BCUT2D eigenvalue weighted by molar-refractivity contribution is 7.19. The Kier molecular flexibility index (Phi) is 3.63. The number of rotatable bonds is 3. The van der Waals surface area contributed by atoms with Gasteiger partial charge in [0.05, 0.1) is 6.54 Å². The molecule has 1 fully saturated rings. The molecule has 1 saturated heterocycles. The van der Waals surface area contributed by atoms with Gasteiger partial charge in [-0.05, 0) is 38.9 Å². The Morgan fingerprint density at radius 2 is 2.00 bits per heavy atom. The minimum Gasteiger partial charge on any atom is -0.296 e. The molecule has 0 bridgehead atoms. The van der Waals surface area contributed by atoms with Crippen LogP contribution in [0.25, 0.3) is 15.7 Å². The zero-order valence-corrected chi connectivity index (χ0v) is 13.4. The van der Waals surface area contributed by atoms with Gasteiger partial charge in [0.1, 0.15) is 5.69 Å². The zero-order chi connectivity index (χ0) is 14.9. The topological polar surface area (TPSA) is 75.0 Å². The number of H-pyrrole nitrogens is 1. The molecule has 0 unspecified atom stereocenters. The van der Waals surface area contributed by atoms with E-state index in [9.17, 15) is 0 Å². The predicted octanol–water partition coefficient (Wildman–Crippen LogP) is 2.26. The van der Waals surface area contributed by atoms with Crippen molar-refractivity contribution in [2.75, 3.05) is 13.1 Å². The quantitative estimate of drug-likeness (QED) is 0.802. The second kappa shape index (κ2) is 5.77. The van der Waals surface area contributed by atoms with E-state index in [1.165, 1.54) is 37.0 Å². The molecule has 4 rings (SSSR count). The van der Waals surface area contributed by atoms with Gasteiger partial charge in [0.2, 0.25) is 4.96 Å². The molecule has 0 radical (unpaired) electrons. The van der Waals surface area contributed by atoms with Gasteiger partial charge in [-0.15, -0.1) is 10.2 Å². The van der Waals surface area contributed by atoms with Crippen molar-refractivity contribution in [3.63, 3.8) is 0 Å². The van der Waals surface area contributed by atoms with Crippen molar-refractivity contribution in [2.24, 2.45) is 0 Å². The number of likely N-dealkylation sites (tertiary alicyclic amines) is 1. The number of hydrogen-bond acceptors (Lipinski definition) is 6. The summed E-state index contributed by atoms with van der Waals surface area (Å²) >= 11 is 1.53. The molecule has 7 nitrogen and oxygen atoms in total. The summed E-state index contributed by atoms with van der Waals surface area (Å²) in [5, 5.41) is 21.3. The molecule has 0 aromatic carbocycles. The highest BCUT2D eigenvalue weighted by Gasteiger charge is 2.17. The first-order valence-corrected chi connectivity index (χ1v) is 8.57. The van der Waals surface area contributed by atoms with E-state index in [1.807, 2.05) is 17.5 Å². The van der Waals surface area contributed by atoms with Gasteiger partial charge in [0.25, 0.3) is 0 Å². The summed E-state index contributed by atoms with van der Waals surface area (Å²) in [4.78, 5) is 3.29. The number of aromatic amines is 1. The normalized spacial score (nSPS) is 17.1. The van der Waals surface area contributed by atoms with Crippen LogP contribution in [0.1, 0.15) is 37.2 Å². The second-order valence-electron chi connectivity index (χ2n) is 5.84. The standard InChI is InChI=1S/C14H19N7S/c1-10-8-11(16-15-10)13-19-21-12(17-18-14(21)22-13)9-20-6-4-2-3-5-7-20/h8H,2-7,9H2,1H3,(H,15,16). The third-order valence-corrected chi connectivity index (χ3v) is 4.97. The van der Waals surface area contributed by atoms with Gasteiger partial charge in [0, 0.05) is 5.69 Å². The van der Waals surface area contributed by atoms with E-state index in [2.05, 4.69) is 30.4 Å². The fourth-order valence-electron chi connectivity index (χ4n) is 2.88. The average molecular weight is 317 g/mol. The van der Waals surface area contributed by atoms with E-state index in [-0.39, 0.29) is 0 Å². The van der Waals surface area contributed by atoms with E-state index in [4.69, 9.17) is 0 Å². The molecule has 8 heteroatoms. The first kappa shape index (κ1) is 13.8. The first-order valence-electron chi connectivity index (χ1n) is 7.75. The van der Waals surface area contributed by atoms with Crippen LogP contribution in [0.15, 0.2) is 6.07 Å². The Morgan fingerprint density at radius 1 is 1.18 bits per heavy atom. The van der Waals surface area contributed by atoms with Crippen molar-refractivity contribution in [3.05, 3.63) is 17.6 Å². The molecule has 1 N–H and O–H groups in total. The molecule has 0 spiro atoms. The Labute approximate surface area is 132 Å². The third-order valence-electron chi connectivity index (χ3n) is 4.04. The summed E-state index contributed by atoms with van der Waals surface area (Å²) in [6.07, 6.45) is 5.23. The number of hydrogen-bond donors (Lipinski definition) is 1. The summed E-state index contributed by atoms with van der Waals surface area (Å²) in [6.45, 7) is 5.10. The van der Waals surface area contributed by atoms with Crippen molar-refractivity contribution in [1.29, 1.82) is 0 Å². The number of nitrogens with zero attached hydrogens (tertiary/aromatic N) is 6. The van der Waals surface area contributed by atoms with Gasteiger partial charge < -0.3 is 0 Å². The molecule has 116 valence electrons. The lowest BCUT2D eigenvalue weighted by molar-refractivity contribution is 0.268. The second-order valence-corrected chi connectivity index (χ2v) is 6.80. The fraction of sp³-hybridized carbons (Fsp3) is 0.571. The summed E-state index contributed by atoms with van der Waals surface area (Å²) in [5.74, 6) is 0.923. The Bertz CT molecular complexity index is 763. The van der Waals surface area contributed by atoms with Crippen LogP contribution in [0.5, 0.6) is 0 Å². The SMILES string of the molecule is Cc1cc(-c2nn3c(CN4CCCCCC4)nnc3s2)n[nH]1. The van der Waals surface area contributed by atoms with Crippen molar-refractivity contribution in [3.8, 4) is 10.7 Å². The third kappa shape index (κ3) is 2.64. The van der Waals surface area contributed by atoms with Gasteiger partial charge in [-0.3, -0.25) is 10.00 Å². The fourth-order valence-corrected chi connectivity index (χ4v) is 3.70. The molecule has 0 atom stereocenters. The maximum Gasteiger partial charge on any atom is 0.235 e. The highest BCUT2D eigenvalue weighted by Crippen LogP contribution is 2.24. The monoisotopic (exact) mass is 317 g/mol. The Balaban J connectivity index is 1.60. The van der Waals surface area contributed by atoms with E-state index in [0.717, 1.165) is 46.8 Å². The molecule has 1 aliphatic rings. The van der Waals surface area contributed by atoms with Gasteiger partial charge in [-0.2, -0.15) is 14.7 Å². The molecular weight excluding hydrogens is 298 g/mol. The van der Waals surface area contributed by atoms with E-state index < -0.39 is 0 Å². The average Bonchev–Trinajstić information content (AvgIpc) is 3.13. The molecule has 3 aromatic heterocycles. The van der Waals surface area contributed by atoms with Crippen molar-refractivity contribution in [1.82, 2.24) is 34.9 Å². The Hall–Kier alpha value is -1.80. The van der Waals surface area contributed by atoms with Crippen LogP contribution in [0, 0.1) is 6.92 Å². The predicted molar refractivity (Wildman–Crippen MR) is 84.7 cm³/mol. The van der Waals surface area contributed by atoms with Crippen molar-refractivity contribution >= 4 is 16.3 Å². The van der Waals surface area contributed by atoms with Crippen LogP contribution in [0.3, 0.4) is 0 Å². The molecule has 22 heavy (non-hydrogen) atoms. The molecule has 0 amide bonds. The smallest absolute Gasteiger partial charge is 0.235 e.